The van der Waals surface area contributed by atoms with Crippen LogP contribution in [-0.4, -0.2) is 40.7 Å². The van der Waals surface area contributed by atoms with Crippen LogP contribution in [0.3, 0.4) is 0 Å². The molecule has 1 aliphatic rings. The molecule has 6 heteroatoms. The Bertz CT molecular complexity index is 703. The van der Waals surface area contributed by atoms with Crippen molar-refractivity contribution < 1.29 is 19.4 Å². The van der Waals surface area contributed by atoms with Gasteiger partial charge in [0.25, 0.3) is 0 Å². The summed E-state index contributed by atoms with van der Waals surface area (Å²) < 4.78 is 5.41. The summed E-state index contributed by atoms with van der Waals surface area (Å²) in [5.74, 6) is -1.38. The molecule has 23 heavy (non-hydrogen) atoms. The largest absolute Gasteiger partial charge is 0.480 e. The Kier molecular flexibility index (Phi) is 4.62. The highest BCUT2D eigenvalue weighted by Gasteiger charge is 2.27. The summed E-state index contributed by atoms with van der Waals surface area (Å²) in [6.07, 6.45) is 4.01. The first-order valence-electron chi connectivity index (χ1n) is 7.85. The van der Waals surface area contributed by atoms with Crippen LogP contribution in [0.25, 0.3) is 10.9 Å². The summed E-state index contributed by atoms with van der Waals surface area (Å²) in [4.78, 5) is 26.8. The van der Waals surface area contributed by atoms with Gasteiger partial charge in [0.15, 0.2) is 0 Å². The van der Waals surface area contributed by atoms with Gasteiger partial charge >= 0.3 is 5.97 Å². The first kappa shape index (κ1) is 15.6. The van der Waals surface area contributed by atoms with E-state index in [0.29, 0.717) is 13.0 Å². The lowest BCUT2D eigenvalue weighted by molar-refractivity contribution is -0.145. The summed E-state index contributed by atoms with van der Waals surface area (Å²) in [6.45, 7) is 0.554. The highest BCUT2D eigenvalue weighted by atomic mass is 16.5. The molecular formula is C17H20N2O4. The van der Waals surface area contributed by atoms with Crippen molar-refractivity contribution in [1.82, 2.24) is 10.3 Å². The molecule has 1 aromatic carbocycles. The second-order valence-electron chi connectivity index (χ2n) is 5.82. The summed E-state index contributed by atoms with van der Waals surface area (Å²) in [5.41, 5.74) is 1.83. The van der Waals surface area contributed by atoms with Crippen molar-refractivity contribution in [2.24, 2.45) is 0 Å². The van der Waals surface area contributed by atoms with E-state index in [1.54, 1.807) is 6.20 Å². The molecule has 1 aliphatic heterocycles. The van der Waals surface area contributed by atoms with Crippen molar-refractivity contribution in [1.29, 1.82) is 0 Å². The van der Waals surface area contributed by atoms with E-state index >= 15 is 0 Å². The summed E-state index contributed by atoms with van der Waals surface area (Å²) in [6, 6.07) is 6.73. The number of nitrogens with one attached hydrogen (secondary N) is 2. The fourth-order valence-corrected chi connectivity index (χ4v) is 2.93. The van der Waals surface area contributed by atoms with Crippen LogP contribution in [0.2, 0.25) is 0 Å². The average Bonchev–Trinajstić information content (AvgIpc) is 2.98. The van der Waals surface area contributed by atoms with Crippen molar-refractivity contribution in [2.75, 3.05) is 6.61 Å². The van der Waals surface area contributed by atoms with Crippen molar-refractivity contribution >= 4 is 22.8 Å². The van der Waals surface area contributed by atoms with Crippen LogP contribution in [0.15, 0.2) is 30.5 Å². The van der Waals surface area contributed by atoms with E-state index in [4.69, 9.17) is 4.74 Å². The van der Waals surface area contributed by atoms with Crippen LogP contribution in [0.1, 0.15) is 24.8 Å². The quantitative estimate of drug-likeness (QED) is 0.785. The molecule has 3 rings (SSSR count). The number of carboxylic acids is 1. The molecule has 3 N–H and O–H groups in total. The number of aliphatic carboxylic acids is 1. The normalized spacial score (nSPS) is 19.4. The van der Waals surface area contributed by atoms with Gasteiger partial charge in [-0.25, -0.2) is 4.79 Å². The van der Waals surface area contributed by atoms with Crippen LogP contribution in [-0.2, 0) is 20.7 Å². The SMILES string of the molecule is O=C(O)C(Cc1c[nH]c2ccccc12)NC(=O)C1CCCCO1. The molecule has 1 saturated heterocycles. The van der Waals surface area contributed by atoms with Gasteiger partial charge in [-0.15, -0.1) is 0 Å². The number of benzene rings is 1. The van der Waals surface area contributed by atoms with E-state index in [-0.39, 0.29) is 12.3 Å². The molecule has 0 aliphatic carbocycles. The van der Waals surface area contributed by atoms with Gasteiger partial charge in [-0.1, -0.05) is 18.2 Å². The van der Waals surface area contributed by atoms with Crippen LogP contribution in [0, 0.1) is 0 Å². The van der Waals surface area contributed by atoms with E-state index in [0.717, 1.165) is 29.3 Å². The smallest absolute Gasteiger partial charge is 0.326 e. The topological polar surface area (TPSA) is 91.4 Å². The molecule has 0 bridgehead atoms. The van der Waals surface area contributed by atoms with Crippen LogP contribution >= 0.6 is 0 Å². The van der Waals surface area contributed by atoms with E-state index < -0.39 is 18.1 Å². The molecule has 122 valence electrons. The highest BCUT2D eigenvalue weighted by molar-refractivity contribution is 5.88. The Hall–Kier alpha value is -2.34. The maximum absolute atomic E-state index is 12.2. The molecule has 0 saturated carbocycles. The molecule has 6 nitrogen and oxygen atoms in total. The lowest BCUT2D eigenvalue weighted by atomic mass is 10.0. The zero-order valence-electron chi connectivity index (χ0n) is 12.7. The average molecular weight is 316 g/mol. The van der Waals surface area contributed by atoms with Gasteiger partial charge in [-0.3, -0.25) is 4.79 Å². The number of carbonyl (C=O) groups is 2. The predicted molar refractivity (Wildman–Crippen MR) is 85.2 cm³/mol. The molecule has 2 aromatic rings. The van der Waals surface area contributed by atoms with Gasteiger partial charge in [-0.2, -0.15) is 0 Å². The van der Waals surface area contributed by atoms with Crippen molar-refractivity contribution in [3.63, 3.8) is 0 Å². The van der Waals surface area contributed by atoms with Crippen LogP contribution < -0.4 is 5.32 Å². The standard InChI is InChI=1S/C17H20N2O4/c20-16(15-7-3-4-8-23-15)19-14(17(21)22)9-11-10-18-13-6-2-1-5-12(11)13/h1-2,5-6,10,14-15,18H,3-4,7-9H2,(H,19,20)(H,21,22). The summed E-state index contributed by atoms with van der Waals surface area (Å²) in [7, 11) is 0. The first-order chi connectivity index (χ1) is 11.1. The van der Waals surface area contributed by atoms with E-state index in [1.807, 2.05) is 24.3 Å². The van der Waals surface area contributed by atoms with Crippen molar-refractivity contribution in [3.05, 3.63) is 36.0 Å². The molecule has 2 atom stereocenters. The monoisotopic (exact) mass is 316 g/mol. The Morgan fingerprint density at radius 2 is 2.17 bits per heavy atom. The van der Waals surface area contributed by atoms with Crippen molar-refractivity contribution in [3.8, 4) is 0 Å². The Labute approximate surface area is 133 Å². The third-order valence-corrected chi connectivity index (χ3v) is 4.19. The van der Waals surface area contributed by atoms with Gasteiger partial charge in [0, 0.05) is 30.1 Å². The zero-order chi connectivity index (χ0) is 16.2. The predicted octanol–water partition coefficient (Wildman–Crippen LogP) is 1.85. The number of fused-ring (bicyclic) bond motifs is 1. The minimum atomic E-state index is -1.04. The van der Waals surface area contributed by atoms with E-state index in [2.05, 4.69) is 10.3 Å². The fraction of sp³-hybridized carbons (Fsp3) is 0.412. The number of aromatic amines is 1. The lowest BCUT2D eigenvalue weighted by Gasteiger charge is -2.23. The van der Waals surface area contributed by atoms with Crippen LogP contribution in [0.4, 0.5) is 0 Å². The first-order valence-corrected chi connectivity index (χ1v) is 7.85. The number of carbonyl (C=O) groups excluding carboxylic acids is 1. The molecule has 2 unspecified atom stereocenters. The van der Waals surface area contributed by atoms with Gasteiger partial charge in [0.2, 0.25) is 5.91 Å². The summed E-state index contributed by atoms with van der Waals surface area (Å²) >= 11 is 0. The number of para-hydroxylation sites is 1. The van der Waals surface area contributed by atoms with E-state index in [1.165, 1.54) is 0 Å². The summed E-state index contributed by atoms with van der Waals surface area (Å²) in [5, 5.41) is 13.0. The number of rotatable bonds is 5. The maximum Gasteiger partial charge on any atom is 0.326 e. The maximum atomic E-state index is 12.2. The highest BCUT2D eigenvalue weighted by Crippen LogP contribution is 2.19. The number of aromatic nitrogens is 1. The molecule has 1 fully saturated rings. The molecule has 1 amide bonds. The van der Waals surface area contributed by atoms with Gasteiger partial charge < -0.3 is 20.1 Å². The molecule has 2 heterocycles. The van der Waals surface area contributed by atoms with Crippen molar-refractivity contribution in [2.45, 2.75) is 37.8 Å². The molecule has 0 radical (unpaired) electrons. The second kappa shape index (κ2) is 6.83. The Morgan fingerprint density at radius 3 is 2.91 bits per heavy atom. The van der Waals surface area contributed by atoms with Gasteiger partial charge in [0.1, 0.15) is 12.1 Å². The Balaban J connectivity index is 1.71. The molecule has 0 spiro atoms. The number of ether oxygens (including phenoxy) is 1. The van der Waals surface area contributed by atoms with E-state index in [9.17, 15) is 14.7 Å². The molecular weight excluding hydrogens is 296 g/mol. The lowest BCUT2D eigenvalue weighted by Crippen LogP contribution is -2.48. The number of amides is 1. The van der Waals surface area contributed by atoms with Gasteiger partial charge in [-0.05, 0) is 30.9 Å². The molecule has 1 aromatic heterocycles. The number of hydrogen-bond acceptors (Lipinski definition) is 3. The van der Waals surface area contributed by atoms with Gasteiger partial charge in [0.05, 0.1) is 0 Å². The number of hydrogen-bond donors (Lipinski definition) is 3. The Morgan fingerprint density at radius 1 is 1.35 bits per heavy atom. The number of H-pyrrole nitrogens is 1. The second-order valence-corrected chi connectivity index (χ2v) is 5.82. The minimum absolute atomic E-state index is 0.234. The third kappa shape index (κ3) is 3.53. The zero-order valence-corrected chi connectivity index (χ0v) is 12.7. The third-order valence-electron chi connectivity index (χ3n) is 4.19. The van der Waals surface area contributed by atoms with Crippen LogP contribution in [0.5, 0.6) is 0 Å². The fourth-order valence-electron chi connectivity index (χ4n) is 2.93. The number of carboxylic acid groups (broad SMARTS) is 1. The minimum Gasteiger partial charge on any atom is -0.480 e.